The van der Waals surface area contributed by atoms with E-state index in [4.69, 9.17) is 14.7 Å². The SMILES string of the molecule is OB(O)Oc1ccc(-n2c3ccccc3c3cc4sc5ccccc5c4cc32)cc1. The van der Waals surface area contributed by atoms with E-state index in [1.54, 1.807) is 12.1 Å². The molecular formula is C24H16BNO3S. The summed E-state index contributed by atoms with van der Waals surface area (Å²) in [5, 5.41) is 23.0. The van der Waals surface area contributed by atoms with E-state index < -0.39 is 7.32 Å². The maximum atomic E-state index is 9.04. The number of hydrogen-bond acceptors (Lipinski definition) is 4. The third kappa shape index (κ3) is 2.62. The first kappa shape index (κ1) is 17.5. The number of aromatic nitrogens is 1. The van der Waals surface area contributed by atoms with Crippen LogP contribution in [0.2, 0.25) is 0 Å². The maximum absolute atomic E-state index is 9.04. The number of rotatable bonds is 3. The smallest absolute Gasteiger partial charge is 0.512 e. The minimum Gasteiger partial charge on any atom is -0.512 e. The van der Waals surface area contributed by atoms with Crippen LogP contribution in [-0.4, -0.2) is 21.9 Å². The summed E-state index contributed by atoms with van der Waals surface area (Å²) in [4.78, 5) is 0. The van der Waals surface area contributed by atoms with Crippen LogP contribution in [-0.2, 0) is 0 Å². The predicted octanol–water partition coefficient (Wildman–Crippen LogP) is 5.50. The fraction of sp³-hybridized carbons (Fsp3) is 0. The largest absolute Gasteiger partial charge is 0.707 e. The van der Waals surface area contributed by atoms with Crippen molar-refractivity contribution in [3.05, 3.63) is 84.9 Å². The Bertz CT molecular complexity index is 1550. The molecule has 0 saturated heterocycles. The molecule has 2 N–H and O–H groups in total. The monoisotopic (exact) mass is 409 g/mol. The van der Waals surface area contributed by atoms with E-state index in [9.17, 15) is 0 Å². The Morgan fingerprint density at radius 3 is 2.20 bits per heavy atom. The first-order valence-electron chi connectivity index (χ1n) is 9.67. The second-order valence-corrected chi connectivity index (χ2v) is 8.34. The van der Waals surface area contributed by atoms with Gasteiger partial charge in [-0.25, -0.2) is 0 Å². The summed E-state index contributed by atoms with van der Waals surface area (Å²) in [6, 6.07) is 28.9. The number of fused-ring (bicyclic) bond motifs is 6. The lowest BCUT2D eigenvalue weighted by molar-refractivity contribution is 0.288. The highest BCUT2D eigenvalue weighted by Crippen LogP contribution is 2.40. The molecule has 4 aromatic carbocycles. The van der Waals surface area contributed by atoms with Crippen molar-refractivity contribution in [3.63, 3.8) is 0 Å². The summed E-state index contributed by atoms with van der Waals surface area (Å²) in [6.45, 7) is 0. The van der Waals surface area contributed by atoms with E-state index in [1.165, 1.54) is 30.9 Å². The Morgan fingerprint density at radius 1 is 0.667 bits per heavy atom. The van der Waals surface area contributed by atoms with Crippen LogP contribution in [0.25, 0.3) is 47.7 Å². The lowest BCUT2D eigenvalue weighted by Crippen LogP contribution is -2.20. The van der Waals surface area contributed by atoms with Gasteiger partial charge >= 0.3 is 7.32 Å². The maximum Gasteiger partial charge on any atom is 0.707 e. The van der Waals surface area contributed by atoms with Crippen molar-refractivity contribution in [2.24, 2.45) is 0 Å². The van der Waals surface area contributed by atoms with Crippen LogP contribution in [0.5, 0.6) is 5.75 Å². The average Bonchev–Trinajstić information content (AvgIpc) is 3.27. The van der Waals surface area contributed by atoms with Gasteiger partial charge in [0.15, 0.2) is 0 Å². The summed E-state index contributed by atoms with van der Waals surface area (Å²) in [7, 11) is -1.83. The molecule has 0 fully saturated rings. The molecule has 144 valence electrons. The van der Waals surface area contributed by atoms with E-state index in [0.717, 1.165) is 16.7 Å². The molecular weight excluding hydrogens is 393 g/mol. The molecule has 6 heteroatoms. The lowest BCUT2D eigenvalue weighted by Gasteiger charge is -2.10. The van der Waals surface area contributed by atoms with Crippen molar-refractivity contribution in [3.8, 4) is 11.4 Å². The van der Waals surface area contributed by atoms with Crippen molar-refractivity contribution in [2.45, 2.75) is 0 Å². The molecule has 0 atom stereocenters. The summed E-state index contributed by atoms with van der Waals surface area (Å²) in [5.41, 5.74) is 3.26. The van der Waals surface area contributed by atoms with Crippen molar-refractivity contribution in [2.75, 3.05) is 0 Å². The fourth-order valence-corrected chi connectivity index (χ4v) is 5.39. The number of hydrogen-bond donors (Lipinski definition) is 2. The minimum absolute atomic E-state index is 0.403. The van der Waals surface area contributed by atoms with Crippen molar-refractivity contribution < 1.29 is 14.7 Å². The zero-order valence-corrected chi connectivity index (χ0v) is 16.6. The van der Waals surface area contributed by atoms with Gasteiger partial charge in [-0.2, -0.15) is 0 Å². The van der Waals surface area contributed by atoms with Crippen LogP contribution in [0, 0.1) is 0 Å². The summed E-state index contributed by atoms with van der Waals surface area (Å²) >= 11 is 1.82. The summed E-state index contributed by atoms with van der Waals surface area (Å²) < 4.78 is 9.78. The van der Waals surface area contributed by atoms with E-state index in [2.05, 4.69) is 65.2 Å². The van der Waals surface area contributed by atoms with Gasteiger partial charge in [-0.3, -0.25) is 0 Å². The van der Waals surface area contributed by atoms with E-state index in [1.807, 2.05) is 23.5 Å². The number of thiophene rings is 1. The van der Waals surface area contributed by atoms with Gasteiger partial charge in [0.05, 0.1) is 11.0 Å². The van der Waals surface area contributed by atoms with Crippen LogP contribution in [0.1, 0.15) is 0 Å². The average molecular weight is 409 g/mol. The predicted molar refractivity (Wildman–Crippen MR) is 124 cm³/mol. The fourth-order valence-electron chi connectivity index (χ4n) is 4.26. The Morgan fingerprint density at radius 2 is 1.40 bits per heavy atom. The molecule has 0 spiro atoms. The van der Waals surface area contributed by atoms with Gasteiger partial charge in [0.1, 0.15) is 5.75 Å². The van der Waals surface area contributed by atoms with Crippen LogP contribution in [0.4, 0.5) is 0 Å². The zero-order chi connectivity index (χ0) is 20.2. The van der Waals surface area contributed by atoms with Gasteiger partial charge in [0.25, 0.3) is 0 Å². The van der Waals surface area contributed by atoms with Gasteiger partial charge in [0.2, 0.25) is 0 Å². The summed E-state index contributed by atoms with van der Waals surface area (Å²) in [6.07, 6.45) is 0. The molecule has 4 nitrogen and oxygen atoms in total. The van der Waals surface area contributed by atoms with Crippen molar-refractivity contribution in [1.29, 1.82) is 0 Å². The zero-order valence-electron chi connectivity index (χ0n) is 15.8. The van der Waals surface area contributed by atoms with E-state index >= 15 is 0 Å². The summed E-state index contributed by atoms with van der Waals surface area (Å²) in [5.74, 6) is 0.403. The van der Waals surface area contributed by atoms with Crippen LogP contribution >= 0.6 is 11.3 Å². The Labute approximate surface area is 176 Å². The first-order valence-corrected chi connectivity index (χ1v) is 10.5. The highest BCUT2D eigenvalue weighted by atomic mass is 32.1. The normalized spacial score (nSPS) is 11.7. The van der Waals surface area contributed by atoms with Gasteiger partial charge in [-0.15, -0.1) is 11.3 Å². The first-order chi connectivity index (χ1) is 14.7. The highest BCUT2D eigenvalue weighted by molar-refractivity contribution is 7.25. The van der Waals surface area contributed by atoms with Gasteiger partial charge in [0, 0.05) is 36.6 Å². The molecule has 6 aromatic rings. The molecule has 0 radical (unpaired) electrons. The minimum atomic E-state index is -1.83. The third-order valence-electron chi connectivity index (χ3n) is 5.51. The van der Waals surface area contributed by atoms with Crippen molar-refractivity contribution >= 4 is 60.6 Å². The molecule has 0 aliphatic heterocycles. The number of para-hydroxylation sites is 1. The number of nitrogens with zero attached hydrogens (tertiary/aromatic N) is 1. The molecule has 2 aromatic heterocycles. The van der Waals surface area contributed by atoms with E-state index in [-0.39, 0.29) is 0 Å². The Balaban J connectivity index is 1.67. The van der Waals surface area contributed by atoms with Gasteiger partial charge in [-0.05, 0) is 48.5 Å². The number of benzene rings is 4. The second-order valence-electron chi connectivity index (χ2n) is 7.25. The molecule has 0 aliphatic carbocycles. The standard InChI is InChI=1S/C24H16BNO3S/c27-25(28)29-16-11-9-15(10-12-16)26-21-7-3-1-5-17(21)19-14-24-20(13-22(19)26)18-6-2-4-8-23(18)30-24/h1-14,27-28H. The van der Waals surface area contributed by atoms with Crippen LogP contribution < -0.4 is 4.65 Å². The quantitative estimate of drug-likeness (QED) is 0.380. The topological polar surface area (TPSA) is 54.6 Å². The Hall–Kier alpha value is -3.32. The molecule has 30 heavy (non-hydrogen) atoms. The molecule has 0 amide bonds. The second kappa shape index (κ2) is 6.60. The van der Waals surface area contributed by atoms with Crippen LogP contribution in [0.3, 0.4) is 0 Å². The Kier molecular flexibility index (Phi) is 3.86. The van der Waals surface area contributed by atoms with Gasteiger partial charge < -0.3 is 19.3 Å². The highest BCUT2D eigenvalue weighted by Gasteiger charge is 2.16. The van der Waals surface area contributed by atoms with Crippen molar-refractivity contribution in [1.82, 2.24) is 4.57 Å². The van der Waals surface area contributed by atoms with Crippen LogP contribution in [0.15, 0.2) is 84.9 Å². The van der Waals surface area contributed by atoms with Gasteiger partial charge in [-0.1, -0.05) is 36.4 Å². The molecule has 0 saturated carbocycles. The molecule has 0 aliphatic rings. The molecule has 0 bridgehead atoms. The molecule has 6 rings (SSSR count). The molecule has 0 unspecified atom stereocenters. The molecule has 2 heterocycles. The lowest BCUT2D eigenvalue weighted by atomic mass is 10.1. The van der Waals surface area contributed by atoms with E-state index in [0.29, 0.717) is 5.75 Å². The third-order valence-corrected chi connectivity index (χ3v) is 6.64.